The lowest BCUT2D eigenvalue weighted by Crippen LogP contribution is -2.19. The van der Waals surface area contributed by atoms with E-state index in [2.05, 4.69) is 15.1 Å². The van der Waals surface area contributed by atoms with Gasteiger partial charge in [-0.2, -0.15) is 5.10 Å². The summed E-state index contributed by atoms with van der Waals surface area (Å²) >= 11 is 0. The average molecular weight is 306 g/mol. The molecule has 2 heterocycles. The predicted octanol–water partition coefficient (Wildman–Crippen LogP) is 1.11. The molecule has 2 N–H and O–H groups in total. The Kier molecular flexibility index (Phi) is 3.17. The lowest BCUT2D eigenvalue weighted by Gasteiger charge is -2.17. The van der Waals surface area contributed by atoms with Crippen LogP contribution in [0.15, 0.2) is 35.5 Å². The van der Waals surface area contributed by atoms with Gasteiger partial charge in [0.25, 0.3) is 10.0 Å². The molecule has 0 saturated carbocycles. The second-order valence-electron chi connectivity index (χ2n) is 4.88. The molecule has 0 spiro atoms. The third-order valence-electron chi connectivity index (χ3n) is 3.24. The Labute approximate surface area is 122 Å². The zero-order valence-corrected chi connectivity index (χ0v) is 12.1. The minimum atomic E-state index is -3.65. The molecule has 1 aromatic carbocycles. The number of benzene rings is 1. The molecule has 0 atom stereocenters. The lowest BCUT2D eigenvalue weighted by molar-refractivity contribution is -0.116. The molecule has 1 aliphatic rings. The van der Waals surface area contributed by atoms with Crippen LogP contribution in [0.4, 0.5) is 11.4 Å². The van der Waals surface area contributed by atoms with Crippen molar-refractivity contribution in [2.45, 2.75) is 17.7 Å². The number of rotatable bonds is 3. The van der Waals surface area contributed by atoms with Gasteiger partial charge in [-0.1, -0.05) is 0 Å². The molecule has 1 aromatic heterocycles. The molecule has 0 radical (unpaired) electrons. The summed E-state index contributed by atoms with van der Waals surface area (Å²) < 4.78 is 28.3. The van der Waals surface area contributed by atoms with Crippen molar-refractivity contribution < 1.29 is 13.2 Å². The number of nitrogens with one attached hydrogen (secondary N) is 2. The summed E-state index contributed by atoms with van der Waals surface area (Å²) in [5.74, 6) is -0.0220. The summed E-state index contributed by atoms with van der Waals surface area (Å²) in [6, 6.07) is 5.06. The van der Waals surface area contributed by atoms with E-state index >= 15 is 0 Å². The van der Waals surface area contributed by atoms with Crippen molar-refractivity contribution in [1.29, 1.82) is 0 Å². The molecule has 0 fully saturated rings. The van der Waals surface area contributed by atoms with E-state index in [-0.39, 0.29) is 10.8 Å². The molecular weight excluding hydrogens is 292 g/mol. The number of anilines is 2. The maximum atomic E-state index is 12.2. The van der Waals surface area contributed by atoms with E-state index in [1.165, 1.54) is 17.1 Å². The Hall–Kier alpha value is -2.35. The summed E-state index contributed by atoms with van der Waals surface area (Å²) in [6.45, 7) is 0. The first kappa shape index (κ1) is 13.6. The van der Waals surface area contributed by atoms with Crippen molar-refractivity contribution in [2.24, 2.45) is 7.05 Å². The topological polar surface area (TPSA) is 93.1 Å². The van der Waals surface area contributed by atoms with E-state index in [0.29, 0.717) is 18.5 Å². The van der Waals surface area contributed by atoms with Crippen LogP contribution in [-0.4, -0.2) is 24.1 Å². The third kappa shape index (κ3) is 2.75. The Morgan fingerprint density at radius 2 is 2.14 bits per heavy atom. The molecule has 0 aliphatic carbocycles. The molecule has 21 heavy (non-hydrogen) atoms. The largest absolute Gasteiger partial charge is 0.326 e. The highest BCUT2D eigenvalue weighted by Gasteiger charge is 2.19. The standard InChI is InChI=1S/C13H14N4O3S/c1-17-8-11(7-14-17)21(19,20)16-10-3-4-12-9(6-10)2-5-13(18)15-12/h3-4,6-8,16H,2,5H2,1H3,(H,15,18). The van der Waals surface area contributed by atoms with Gasteiger partial charge < -0.3 is 5.32 Å². The highest BCUT2D eigenvalue weighted by atomic mass is 32.2. The van der Waals surface area contributed by atoms with Gasteiger partial charge in [0.15, 0.2) is 0 Å². The molecule has 1 aliphatic heterocycles. The molecule has 0 unspecified atom stereocenters. The van der Waals surface area contributed by atoms with Gasteiger partial charge in [-0.15, -0.1) is 0 Å². The van der Waals surface area contributed by atoms with Crippen molar-refractivity contribution in [3.8, 4) is 0 Å². The number of carbonyl (C=O) groups is 1. The first-order valence-corrected chi connectivity index (χ1v) is 7.86. The van der Waals surface area contributed by atoms with Crippen molar-refractivity contribution in [1.82, 2.24) is 9.78 Å². The predicted molar refractivity (Wildman–Crippen MR) is 77.4 cm³/mol. The number of amides is 1. The van der Waals surface area contributed by atoms with E-state index in [1.807, 2.05) is 0 Å². The third-order valence-corrected chi connectivity index (χ3v) is 4.58. The Bertz CT molecular complexity index is 811. The number of hydrogen-bond donors (Lipinski definition) is 2. The van der Waals surface area contributed by atoms with E-state index < -0.39 is 10.0 Å². The number of hydrogen-bond acceptors (Lipinski definition) is 4. The fraction of sp³-hybridized carbons (Fsp3) is 0.231. The number of carbonyl (C=O) groups excluding carboxylic acids is 1. The van der Waals surface area contributed by atoms with E-state index in [0.717, 1.165) is 11.3 Å². The van der Waals surface area contributed by atoms with Crippen LogP contribution in [-0.2, 0) is 28.3 Å². The zero-order chi connectivity index (χ0) is 15.0. The zero-order valence-electron chi connectivity index (χ0n) is 11.3. The fourth-order valence-corrected chi connectivity index (χ4v) is 3.23. The van der Waals surface area contributed by atoms with Gasteiger partial charge in [-0.25, -0.2) is 8.42 Å². The maximum Gasteiger partial charge on any atom is 0.265 e. The van der Waals surface area contributed by atoms with Gasteiger partial charge >= 0.3 is 0 Å². The van der Waals surface area contributed by atoms with Crippen LogP contribution in [0.25, 0.3) is 0 Å². The van der Waals surface area contributed by atoms with E-state index in [4.69, 9.17) is 0 Å². The highest BCUT2D eigenvalue weighted by molar-refractivity contribution is 7.92. The van der Waals surface area contributed by atoms with Crippen molar-refractivity contribution >= 4 is 27.3 Å². The molecule has 7 nitrogen and oxygen atoms in total. The molecule has 8 heteroatoms. The monoisotopic (exact) mass is 306 g/mol. The summed E-state index contributed by atoms with van der Waals surface area (Å²) in [4.78, 5) is 11.4. The maximum absolute atomic E-state index is 12.2. The number of sulfonamides is 1. The molecule has 2 aromatic rings. The quantitative estimate of drug-likeness (QED) is 0.888. The van der Waals surface area contributed by atoms with Crippen LogP contribution in [0.2, 0.25) is 0 Å². The molecule has 3 rings (SSSR count). The second-order valence-corrected chi connectivity index (χ2v) is 6.56. The minimum absolute atomic E-state index is 0.0220. The molecule has 1 amide bonds. The minimum Gasteiger partial charge on any atom is -0.326 e. The Morgan fingerprint density at radius 1 is 1.33 bits per heavy atom. The molecule has 110 valence electrons. The van der Waals surface area contributed by atoms with Gasteiger partial charge in [-0.3, -0.25) is 14.2 Å². The average Bonchev–Trinajstić information content (AvgIpc) is 2.86. The summed E-state index contributed by atoms with van der Waals surface area (Å²) in [6.07, 6.45) is 3.73. The molecule has 0 bridgehead atoms. The van der Waals surface area contributed by atoms with Crippen molar-refractivity contribution in [2.75, 3.05) is 10.0 Å². The fourth-order valence-electron chi connectivity index (χ4n) is 2.20. The highest BCUT2D eigenvalue weighted by Crippen LogP contribution is 2.26. The number of aryl methyl sites for hydroxylation is 2. The first-order valence-electron chi connectivity index (χ1n) is 6.38. The van der Waals surface area contributed by atoms with Crippen LogP contribution in [0.5, 0.6) is 0 Å². The number of fused-ring (bicyclic) bond motifs is 1. The van der Waals surface area contributed by atoms with Gasteiger partial charge in [0.1, 0.15) is 4.90 Å². The SMILES string of the molecule is Cn1cc(S(=O)(=O)Nc2ccc3c(c2)CCC(=O)N3)cn1. The smallest absolute Gasteiger partial charge is 0.265 e. The number of nitrogens with zero attached hydrogens (tertiary/aromatic N) is 2. The van der Waals surface area contributed by atoms with Crippen LogP contribution in [0.3, 0.4) is 0 Å². The number of aromatic nitrogens is 2. The Balaban J connectivity index is 1.87. The normalized spacial score (nSPS) is 14.4. The lowest BCUT2D eigenvalue weighted by atomic mass is 10.0. The van der Waals surface area contributed by atoms with Crippen LogP contribution in [0.1, 0.15) is 12.0 Å². The van der Waals surface area contributed by atoms with Gasteiger partial charge in [0.2, 0.25) is 5.91 Å². The van der Waals surface area contributed by atoms with Crippen molar-refractivity contribution in [3.05, 3.63) is 36.2 Å². The van der Waals surface area contributed by atoms with Gasteiger partial charge in [-0.05, 0) is 30.2 Å². The molecular formula is C13H14N4O3S. The summed E-state index contributed by atoms with van der Waals surface area (Å²) in [7, 11) is -2.00. The van der Waals surface area contributed by atoms with Gasteiger partial charge in [0, 0.05) is 31.0 Å². The van der Waals surface area contributed by atoms with Crippen LogP contribution >= 0.6 is 0 Å². The van der Waals surface area contributed by atoms with Gasteiger partial charge in [0.05, 0.1) is 6.20 Å². The molecule has 0 saturated heterocycles. The summed E-state index contributed by atoms with van der Waals surface area (Å²) in [5.41, 5.74) is 2.12. The van der Waals surface area contributed by atoms with Crippen LogP contribution < -0.4 is 10.0 Å². The van der Waals surface area contributed by atoms with E-state index in [9.17, 15) is 13.2 Å². The van der Waals surface area contributed by atoms with Crippen LogP contribution in [0, 0.1) is 0 Å². The van der Waals surface area contributed by atoms with Crippen molar-refractivity contribution in [3.63, 3.8) is 0 Å². The summed E-state index contributed by atoms with van der Waals surface area (Å²) in [5, 5.41) is 6.61. The Morgan fingerprint density at radius 3 is 2.86 bits per heavy atom. The second kappa shape index (κ2) is 4.88. The van der Waals surface area contributed by atoms with E-state index in [1.54, 1.807) is 25.2 Å². The first-order chi connectivity index (χ1) is 9.94.